The molecular weight excluding hydrogens is 254 g/mol. The Hall–Kier alpha value is -1.43. The molecule has 1 amide bonds. The van der Waals surface area contributed by atoms with Gasteiger partial charge in [-0.3, -0.25) is 9.69 Å². The van der Waals surface area contributed by atoms with Crippen molar-refractivity contribution in [1.29, 1.82) is 0 Å². The van der Waals surface area contributed by atoms with Crippen molar-refractivity contribution in [1.82, 2.24) is 25.0 Å². The number of aryl methyl sites for hydroxylation is 2. The van der Waals surface area contributed by atoms with Crippen molar-refractivity contribution in [2.45, 2.75) is 45.6 Å². The molecule has 1 aromatic rings. The molecule has 0 aromatic carbocycles. The molecule has 20 heavy (non-hydrogen) atoms. The number of hydrogen-bond donors (Lipinski definition) is 1. The Morgan fingerprint density at radius 1 is 1.30 bits per heavy atom. The second-order valence-corrected chi connectivity index (χ2v) is 6.15. The summed E-state index contributed by atoms with van der Waals surface area (Å²) in [6.07, 6.45) is 3.82. The number of carbonyl (C=O) groups excluding carboxylic acids is 1. The molecule has 1 aliphatic heterocycles. The number of piperidine rings is 1. The maximum atomic E-state index is 12.2. The summed E-state index contributed by atoms with van der Waals surface area (Å²) in [6, 6.07) is 0. The monoisotopic (exact) mass is 279 g/mol. The number of likely N-dealkylation sites (tertiary alicyclic amines) is 1. The SMILES string of the molecule is Cc1nc(C(=O)NCC(C)(C)N2CCCCC2)n(C)n1. The molecule has 0 unspecified atom stereocenters. The lowest BCUT2D eigenvalue weighted by Gasteiger charge is -2.41. The third kappa shape index (κ3) is 3.36. The molecule has 2 rings (SSSR count). The number of carbonyl (C=O) groups is 1. The summed E-state index contributed by atoms with van der Waals surface area (Å²) >= 11 is 0. The molecule has 1 aliphatic rings. The fourth-order valence-electron chi connectivity index (χ4n) is 2.70. The van der Waals surface area contributed by atoms with Gasteiger partial charge in [-0.15, -0.1) is 0 Å². The van der Waals surface area contributed by atoms with Crippen LogP contribution >= 0.6 is 0 Å². The minimum absolute atomic E-state index is 0.0241. The fraction of sp³-hybridized carbons (Fsp3) is 0.786. The first-order valence-corrected chi connectivity index (χ1v) is 7.31. The van der Waals surface area contributed by atoms with Crippen LogP contribution in [0.4, 0.5) is 0 Å². The minimum atomic E-state index is -0.154. The van der Waals surface area contributed by atoms with E-state index in [-0.39, 0.29) is 11.4 Å². The van der Waals surface area contributed by atoms with Crippen LogP contribution in [0.1, 0.15) is 49.6 Å². The van der Waals surface area contributed by atoms with E-state index in [1.165, 1.54) is 23.9 Å². The Labute approximate surface area is 120 Å². The zero-order valence-corrected chi connectivity index (χ0v) is 12.9. The Bertz CT molecular complexity index is 474. The molecule has 1 N–H and O–H groups in total. The third-order valence-electron chi connectivity index (χ3n) is 3.97. The number of nitrogens with zero attached hydrogens (tertiary/aromatic N) is 4. The molecule has 0 saturated carbocycles. The summed E-state index contributed by atoms with van der Waals surface area (Å²) in [6.45, 7) is 9.01. The Balaban J connectivity index is 1.93. The Kier molecular flexibility index (Phi) is 4.42. The van der Waals surface area contributed by atoms with Gasteiger partial charge >= 0.3 is 0 Å². The predicted molar refractivity (Wildman–Crippen MR) is 77.6 cm³/mol. The van der Waals surface area contributed by atoms with Crippen LogP contribution in [0.5, 0.6) is 0 Å². The highest BCUT2D eigenvalue weighted by molar-refractivity contribution is 5.90. The van der Waals surface area contributed by atoms with Crippen molar-refractivity contribution in [3.8, 4) is 0 Å². The van der Waals surface area contributed by atoms with Crippen LogP contribution in [0, 0.1) is 6.92 Å². The third-order valence-corrected chi connectivity index (χ3v) is 3.97. The summed E-state index contributed by atoms with van der Waals surface area (Å²) in [5, 5.41) is 7.09. The van der Waals surface area contributed by atoms with Crippen molar-refractivity contribution < 1.29 is 4.79 Å². The normalized spacial score (nSPS) is 17.2. The second kappa shape index (κ2) is 5.91. The van der Waals surface area contributed by atoms with Crippen LogP contribution in [0.15, 0.2) is 0 Å². The van der Waals surface area contributed by atoms with Crippen LogP contribution < -0.4 is 5.32 Å². The zero-order valence-electron chi connectivity index (χ0n) is 12.9. The van der Waals surface area contributed by atoms with Crippen molar-refractivity contribution in [3.63, 3.8) is 0 Å². The Morgan fingerprint density at radius 2 is 1.95 bits per heavy atom. The zero-order chi connectivity index (χ0) is 14.8. The molecule has 0 aliphatic carbocycles. The lowest BCUT2D eigenvalue weighted by molar-refractivity contribution is 0.0788. The van der Waals surface area contributed by atoms with E-state index < -0.39 is 0 Å². The first-order chi connectivity index (χ1) is 9.40. The van der Waals surface area contributed by atoms with E-state index in [1.807, 2.05) is 0 Å². The van der Waals surface area contributed by atoms with Gasteiger partial charge in [0.2, 0.25) is 5.82 Å². The molecule has 1 aromatic heterocycles. The topological polar surface area (TPSA) is 63.1 Å². The second-order valence-electron chi connectivity index (χ2n) is 6.15. The number of nitrogens with one attached hydrogen (secondary N) is 1. The first kappa shape index (κ1) is 15.0. The van der Waals surface area contributed by atoms with Crippen LogP contribution in [-0.4, -0.2) is 50.7 Å². The van der Waals surface area contributed by atoms with E-state index in [0.717, 1.165) is 13.1 Å². The summed E-state index contributed by atoms with van der Waals surface area (Å²) in [4.78, 5) is 18.8. The molecule has 0 atom stereocenters. The molecule has 0 bridgehead atoms. The lowest BCUT2D eigenvalue weighted by Crippen LogP contribution is -2.53. The largest absolute Gasteiger partial charge is 0.347 e. The summed E-state index contributed by atoms with van der Waals surface area (Å²) < 4.78 is 1.53. The molecule has 0 radical (unpaired) electrons. The van der Waals surface area contributed by atoms with Crippen molar-refractivity contribution in [3.05, 3.63) is 11.6 Å². The maximum Gasteiger partial charge on any atom is 0.288 e. The number of aromatic nitrogens is 3. The Morgan fingerprint density at radius 3 is 2.50 bits per heavy atom. The standard InChI is InChI=1S/C14H25N5O/c1-11-16-12(18(4)17-11)13(20)15-10-14(2,3)19-8-6-5-7-9-19/h5-10H2,1-4H3,(H,15,20). The van der Waals surface area contributed by atoms with Crippen molar-refractivity contribution in [2.75, 3.05) is 19.6 Å². The number of rotatable bonds is 4. The maximum absolute atomic E-state index is 12.2. The minimum Gasteiger partial charge on any atom is -0.347 e. The van der Waals surface area contributed by atoms with Crippen LogP contribution in [0.3, 0.4) is 0 Å². The highest BCUT2D eigenvalue weighted by atomic mass is 16.2. The van der Waals surface area contributed by atoms with Gasteiger partial charge in [-0.25, -0.2) is 9.67 Å². The predicted octanol–water partition coefficient (Wildman–Crippen LogP) is 1.12. The summed E-state index contributed by atoms with van der Waals surface area (Å²) in [5.74, 6) is 0.836. The van der Waals surface area contributed by atoms with E-state index in [4.69, 9.17) is 0 Å². The van der Waals surface area contributed by atoms with Gasteiger partial charge in [0.25, 0.3) is 5.91 Å². The van der Waals surface area contributed by atoms with Gasteiger partial charge < -0.3 is 5.32 Å². The van der Waals surface area contributed by atoms with Crippen LogP contribution in [-0.2, 0) is 7.05 Å². The molecule has 1 saturated heterocycles. The summed E-state index contributed by atoms with van der Waals surface area (Å²) in [5.41, 5.74) is -0.0241. The van der Waals surface area contributed by atoms with Crippen LogP contribution in [0.2, 0.25) is 0 Å². The van der Waals surface area contributed by atoms with Gasteiger partial charge in [-0.05, 0) is 46.7 Å². The average molecular weight is 279 g/mol. The van der Waals surface area contributed by atoms with Crippen molar-refractivity contribution in [2.24, 2.45) is 7.05 Å². The first-order valence-electron chi connectivity index (χ1n) is 7.31. The van der Waals surface area contributed by atoms with Gasteiger partial charge in [-0.1, -0.05) is 6.42 Å². The number of amides is 1. The molecule has 6 heteroatoms. The molecule has 6 nitrogen and oxygen atoms in total. The van der Waals surface area contributed by atoms with Gasteiger partial charge in [0.05, 0.1) is 0 Å². The van der Waals surface area contributed by atoms with E-state index in [0.29, 0.717) is 18.2 Å². The molecular formula is C14H25N5O. The van der Waals surface area contributed by atoms with Gasteiger partial charge in [0, 0.05) is 19.1 Å². The van der Waals surface area contributed by atoms with Crippen LogP contribution in [0.25, 0.3) is 0 Å². The quantitative estimate of drug-likeness (QED) is 0.897. The summed E-state index contributed by atoms with van der Waals surface area (Å²) in [7, 11) is 1.74. The van der Waals surface area contributed by atoms with E-state index >= 15 is 0 Å². The molecule has 0 spiro atoms. The van der Waals surface area contributed by atoms with E-state index in [2.05, 4.69) is 34.1 Å². The molecule has 2 heterocycles. The molecule has 1 fully saturated rings. The van der Waals surface area contributed by atoms with E-state index in [1.54, 1.807) is 14.0 Å². The average Bonchev–Trinajstić information content (AvgIpc) is 2.76. The highest BCUT2D eigenvalue weighted by Crippen LogP contribution is 2.19. The smallest absolute Gasteiger partial charge is 0.288 e. The fourth-order valence-corrected chi connectivity index (χ4v) is 2.70. The van der Waals surface area contributed by atoms with Crippen molar-refractivity contribution >= 4 is 5.91 Å². The van der Waals surface area contributed by atoms with E-state index in [9.17, 15) is 4.79 Å². The lowest BCUT2D eigenvalue weighted by atomic mass is 9.98. The van der Waals surface area contributed by atoms with Gasteiger partial charge in [0.1, 0.15) is 5.82 Å². The van der Waals surface area contributed by atoms with Gasteiger partial charge in [-0.2, -0.15) is 5.10 Å². The van der Waals surface area contributed by atoms with Gasteiger partial charge in [0.15, 0.2) is 0 Å². The number of hydrogen-bond acceptors (Lipinski definition) is 4. The highest BCUT2D eigenvalue weighted by Gasteiger charge is 2.28. The molecule has 112 valence electrons.